The molecule has 0 spiro atoms. The van der Waals surface area contributed by atoms with E-state index in [4.69, 9.17) is 4.74 Å². The highest BCUT2D eigenvalue weighted by atomic mass is 16.6. The molecule has 2 rings (SSSR count). The quantitative estimate of drug-likeness (QED) is 0.936. The molecule has 0 bridgehead atoms. The van der Waals surface area contributed by atoms with Gasteiger partial charge in [0.15, 0.2) is 0 Å². The van der Waals surface area contributed by atoms with E-state index in [9.17, 15) is 4.79 Å². The molecule has 0 aliphatic rings. The molecule has 1 N–H and O–H groups in total. The van der Waals surface area contributed by atoms with E-state index >= 15 is 0 Å². The van der Waals surface area contributed by atoms with Crippen molar-refractivity contribution in [2.24, 2.45) is 0 Å². The molecular formula is C18H23N3O2. The summed E-state index contributed by atoms with van der Waals surface area (Å²) in [7, 11) is 0. The van der Waals surface area contributed by atoms with E-state index in [1.54, 1.807) is 6.20 Å². The van der Waals surface area contributed by atoms with E-state index in [1.165, 1.54) is 0 Å². The molecule has 0 unspecified atom stereocenters. The van der Waals surface area contributed by atoms with Gasteiger partial charge in [-0.25, -0.2) is 14.8 Å². The van der Waals surface area contributed by atoms with Gasteiger partial charge in [0.05, 0.1) is 5.69 Å². The van der Waals surface area contributed by atoms with Crippen LogP contribution in [0.5, 0.6) is 0 Å². The molecule has 0 aliphatic heterocycles. The van der Waals surface area contributed by atoms with Crippen molar-refractivity contribution >= 4 is 6.09 Å². The fraction of sp³-hybridized carbons (Fsp3) is 0.389. The highest BCUT2D eigenvalue weighted by Crippen LogP contribution is 2.20. The van der Waals surface area contributed by atoms with E-state index < -0.39 is 11.7 Å². The lowest BCUT2D eigenvalue weighted by atomic mass is 10.0. The van der Waals surface area contributed by atoms with Gasteiger partial charge in [-0.15, -0.1) is 0 Å². The molecule has 1 heterocycles. The molecule has 0 aliphatic carbocycles. The van der Waals surface area contributed by atoms with Crippen molar-refractivity contribution in [2.45, 2.75) is 46.8 Å². The highest BCUT2D eigenvalue weighted by Gasteiger charge is 2.16. The summed E-state index contributed by atoms with van der Waals surface area (Å²) in [6.45, 7) is 9.85. The third-order valence-electron chi connectivity index (χ3n) is 3.24. The Morgan fingerprint density at radius 2 is 1.96 bits per heavy atom. The van der Waals surface area contributed by atoms with Crippen molar-refractivity contribution in [3.63, 3.8) is 0 Å². The van der Waals surface area contributed by atoms with E-state index in [1.807, 2.05) is 52.8 Å². The monoisotopic (exact) mass is 313 g/mol. The summed E-state index contributed by atoms with van der Waals surface area (Å²) in [4.78, 5) is 20.3. The predicted octanol–water partition coefficient (Wildman–Crippen LogP) is 3.79. The summed E-state index contributed by atoms with van der Waals surface area (Å²) in [5.41, 5.74) is 3.58. The number of aromatic nitrogens is 2. The molecule has 23 heavy (non-hydrogen) atoms. The molecule has 1 aromatic carbocycles. The van der Waals surface area contributed by atoms with Crippen molar-refractivity contribution in [1.29, 1.82) is 0 Å². The fourth-order valence-corrected chi connectivity index (χ4v) is 2.15. The third kappa shape index (κ3) is 5.06. The number of amides is 1. The zero-order valence-electron chi connectivity index (χ0n) is 14.3. The average molecular weight is 313 g/mol. The number of aryl methyl sites for hydroxylation is 2. The van der Waals surface area contributed by atoms with Crippen molar-refractivity contribution in [3.8, 4) is 11.3 Å². The van der Waals surface area contributed by atoms with Crippen molar-refractivity contribution < 1.29 is 9.53 Å². The van der Waals surface area contributed by atoms with Crippen molar-refractivity contribution in [1.82, 2.24) is 15.3 Å². The second-order valence-electron chi connectivity index (χ2n) is 6.49. The minimum atomic E-state index is -0.492. The molecule has 1 aromatic heterocycles. The van der Waals surface area contributed by atoms with Crippen LogP contribution >= 0.6 is 0 Å². The first-order chi connectivity index (χ1) is 10.7. The zero-order chi connectivity index (χ0) is 17.0. The maximum Gasteiger partial charge on any atom is 0.407 e. The lowest BCUT2D eigenvalue weighted by Crippen LogP contribution is -2.32. The summed E-state index contributed by atoms with van der Waals surface area (Å²) in [6.07, 6.45) is 1.35. The lowest BCUT2D eigenvalue weighted by Gasteiger charge is -2.20. The second kappa shape index (κ2) is 6.77. The number of nitrogens with zero attached hydrogens (tertiary/aromatic N) is 2. The van der Waals surface area contributed by atoms with Crippen LogP contribution in [0.1, 0.15) is 37.7 Å². The number of hydrogen-bond donors (Lipinski definition) is 1. The lowest BCUT2D eigenvalue weighted by molar-refractivity contribution is 0.0523. The molecule has 0 radical (unpaired) electrons. The minimum absolute atomic E-state index is 0.410. The van der Waals surface area contributed by atoms with Crippen LogP contribution in [0, 0.1) is 13.8 Å². The van der Waals surface area contributed by atoms with Gasteiger partial charge in [0.1, 0.15) is 11.4 Å². The topological polar surface area (TPSA) is 64.1 Å². The van der Waals surface area contributed by atoms with Crippen LogP contribution in [-0.2, 0) is 11.3 Å². The third-order valence-corrected chi connectivity index (χ3v) is 3.24. The smallest absolute Gasteiger partial charge is 0.407 e. The normalized spacial score (nSPS) is 11.2. The van der Waals surface area contributed by atoms with Crippen LogP contribution in [-0.4, -0.2) is 21.7 Å². The van der Waals surface area contributed by atoms with Gasteiger partial charge < -0.3 is 10.1 Å². The first kappa shape index (κ1) is 16.9. The van der Waals surface area contributed by atoms with Crippen LogP contribution in [0.3, 0.4) is 0 Å². The Morgan fingerprint density at radius 1 is 1.22 bits per heavy atom. The fourth-order valence-electron chi connectivity index (χ4n) is 2.15. The average Bonchev–Trinajstić information content (AvgIpc) is 2.44. The summed E-state index contributed by atoms with van der Waals surface area (Å²) in [5, 5.41) is 2.78. The van der Waals surface area contributed by atoms with Crippen LogP contribution in [0.25, 0.3) is 11.3 Å². The van der Waals surface area contributed by atoms with Crippen LogP contribution in [0.2, 0.25) is 0 Å². The summed E-state index contributed by atoms with van der Waals surface area (Å²) in [6, 6.07) is 7.95. The predicted molar refractivity (Wildman–Crippen MR) is 90.0 cm³/mol. The molecule has 0 saturated heterocycles. The second-order valence-corrected chi connectivity index (χ2v) is 6.49. The van der Waals surface area contributed by atoms with Crippen LogP contribution < -0.4 is 5.32 Å². The molecular weight excluding hydrogens is 290 g/mol. The van der Waals surface area contributed by atoms with E-state index in [2.05, 4.69) is 21.4 Å². The van der Waals surface area contributed by atoms with E-state index in [0.717, 1.165) is 28.2 Å². The molecule has 0 fully saturated rings. The number of carbonyl (C=O) groups excluding carboxylic acids is 1. The molecule has 0 saturated carbocycles. The van der Waals surface area contributed by atoms with Gasteiger partial charge in [-0.05, 0) is 57.9 Å². The van der Waals surface area contributed by atoms with Gasteiger partial charge in [0, 0.05) is 18.3 Å². The number of rotatable bonds is 3. The van der Waals surface area contributed by atoms with Gasteiger partial charge in [0.2, 0.25) is 0 Å². The Kier molecular flexibility index (Phi) is 4.98. The molecule has 122 valence electrons. The summed E-state index contributed by atoms with van der Waals surface area (Å²) in [5.74, 6) is 0.746. The molecule has 1 amide bonds. The SMILES string of the molecule is Cc1nccc(-c2ccc(CNC(=O)OC(C)(C)C)c(C)c2)n1. The Hall–Kier alpha value is -2.43. The maximum absolute atomic E-state index is 11.7. The molecule has 5 nitrogen and oxygen atoms in total. The standard InChI is InChI=1S/C18H23N3O2/c1-12-10-14(16-8-9-19-13(2)21-16)6-7-15(12)11-20-17(22)23-18(3,4)5/h6-10H,11H2,1-5H3,(H,20,22). The Morgan fingerprint density at radius 3 is 2.57 bits per heavy atom. The first-order valence-electron chi connectivity index (χ1n) is 7.61. The molecule has 2 aromatic rings. The largest absolute Gasteiger partial charge is 0.444 e. The maximum atomic E-state index is 11.7. The number of alkyl carbamates (subject to hydrolysis) is 1. The molecule has 5 heteroatoms. The van der Waals surface area contributed by atoms with Gasteiger partial charge in [-0.1, -0.05) is 12.1 Å². The van der Waals surface area contributed by atoms with Crippen molar-refractivity contribution in [3.05, 3.63) is 47.4 Å². The van der Waals surface area contributed by atoms with Crippen LogP contribution in [0.15, 0.2) is 30.5 Å². The minimum Gasteiger partial charge on any atom is -0.444 e. The van der Waals surface area contributed by atoms with Gasteiger partial charge >= 0.3 is 6.09 Å². The Labute approximate surface area is 137 Å². The number of ether oxygens (including phenoxy) is 1. The highest BCUT2D eigenvalue weighted by molar-refractivity contribution is 5.68. The van der Waals surface area contributed by atoms with Crippen LogP contribution in [0.4, 0.5) is 4.79 Å². The number of hydrogen-bond acceptors (Lipinski definition) is 4. The van der Waals surface area contributed by atoms with Gasteiger partial charge in [0.25, 0.3) is 0 Å². The Balaban J connectivity index is 2.07. The van der Waals surface area contributed by atoms with Crippen molar-refractivity contribution in [2.75, 3.05) is 0 Å². The summed E-state index contributed by atoms with van der Waals surface area (Å²) < 4.78 is 5.24. The first-order valence-corrected chi connectivity index (χ1v) is 7.61. The Bertz CT molecular complexity index is 706. The van der Waals surface area contributed by atoms with Gasteiger partial charge in [-0.2, -0.15) is 0 Å². The number of nitrogens with one attached hydrogen (secondary N) is 1. The van der Waals surface area contributed by atoms with E-state index in [-0.39, 0.29) is 0 Å². The summed E-state index contributed by atoms with van der Waals surface area (Å²) >= 11 is 0. The zero-order valence-corrected chi connectivity index (χ0v) is 14.3. The number of benzene rings is 1. The van der Waals surface area contributed by atoms with E-state index in [0.29, 0.717) is 6.54 Å². The van der Waals surface area contributed by atoms with Gasteiger partial charge in [-0.3, -0.25) is 0 Å². The number of carbonyl (C=O) groups is 1. The molecule has 0 atom stereocenters.